The fourth-order valence-electron chi connectivity index (χ4n) is 2.55. The number of nitriles is 2. The average molecular weight is 718 g/mol. The van der Waals surface area contributed by atoms with E-state index in [1.54, 1.807) is 29.3 Å². The van der Waals surface area contributed by atoms with Crippen LogP contribution in [0.3, 0.4) is 0 Å². The third-order valence-corrected chi connectivity index (χ3v) is 5.17. The normalized spacial score (nSPS) is 8.73. The minimum atomic E-state index is -0.833. The summed E-state index contributed by atoms with van der Waals surface area (Å²) in [5.74, 6) is -0.321. The third-order valence-electron chi connectivity index (χ3n) is 4.59. The molecule has 0 aromatic carbocycles. The Hall–Kier alpha value is -6.66. The summed E-state index contributed by atoms with van der Waals surface area (Å²) >= 11 is 11.0. The van der Waals surface area contributed by atoms with Crippen molar-refractivity contribution in [2.45, 2.75) is 6.92 Å². The maximum Gasteiger partial charge on any atom is 0.300 e. The van der Waals surface area contributed by atoms with Crippen LogP contribution in [0.5, 0.6) is 17.2 Å². The molecule has 0 unspecified atom stereocenters. The highest BCUT2D eigenvalue weighted by atomic mass is 35.5. The van der Waals surface area contributed by atoms with Gasteiger partial charge in [-0.15, -0.1) is 0 Å². The number of aromatic amines is 3. The molecule has 0 saturated carbocycles. The standard InChI is InChI=1S/C9H11N3O.C7H5ClN2O2.C7H6N2O2.C5H4ClNO2.C2H4O2/c1-12(2)5-4-9(13-3)8(6-10)7-11;1-9-5-6(12-2)4(8)3-10-7(5)11;1-8-6-5(11-2)3-4-9-7(6)10;6-3-2-7-5(9)1-4(3)8;1-2(3)4/h4-5H,1-3H3;3H,2H3,(H,10,11);3-4H,2H3,(H,9,10);1-2H,(H2,7,8,9);1H3,(H,3,4)/b5-4+;;;;. The molecule has 0 radical (unpaired) electrons. The number of carboxylic acids is 1. The summed E-state index contributed by atoms with van der Waals surface area (Å²) in [5, 5.41) is 33.6. The van der Waals surface area contributed by atoms with Gasteiger partial charge in [-0.1, -0.05) is 23.2 Å². The molecule has 0 aliphatic carbocycles. The highest BCUT2D eigenvalue weighted by Crippen LogP contribution is 2.30. The summed E-state index contributed by atoms with van der Waals surface area (Å²) in [5.41, 5.74) is -1.43. The summed E-state index contributed by atoms with van der Waals surface area (Å²) in [4.78, 5) is 56.0. The van der Waals surface area contributed by atoms with E-state index in [0.717, 1.165) is 13.0 Å². The number of aromatic nitrogens is 3. The molecule has 0 fully saturated rings. The molecule has 3 heterocycles. The molecule has 258 valence electrons. The maximum absolute atomic E-state index is 11.0. The van der Waals surface area contributed by atoms with E-state index in [1.165, 1.54) is 46.0 Å². The first kappa shape index (κ1) is 44.5. The van der Waals surface area contributed by atoms with Crippen molar-refractivity contribution in [1.29, 1.82) is 10.5 Å². The monoisotopic (exact) mass is 716 g/mol. The van der Waals surface area contributed by atoms with Crippen molar-refractivity contribution in [1.82, 2.24) is 19.9 Å². The Bertz CT molecular complexity index is 1940. The maximum atomic E-state index is 11.0. The van der Waals surface area contributed by atoms with Crippen LogP contribution in [0.1, 0.15) is 6.92 Å². The predicted molar refractivity (Wildman–Crippen MR) is 180 cm³/mol. The van der Waals surface area contributed by atoms with E-state index in [0.29, 0.717) is 5.75 Å². The molecular formula is C30H30Cl2N8O9. The zero-order valence-electron chi connectivity index (χ0n) is 26.8. The van der Waals surface area contributed by atoms with Gasteiger partial charge in [0.15, 0.2) is 11.3 Å². The zero-order valence-corrected chi connectivity index (χ0v) is 28.3. The first-order chi connectivity index (χ1) is 23.1. The third kappa shape index (κ3) is 17.6. The highest BCUT2D eigenvalue weighted by Gasteiger charge is 2.11. The molecule has 0 amide bonds. The van der Waals surface area contributed by atoms with Gasteiger partial charge in [-0.3, -0.25) is 19.2 Å². The van der Waals surface area contributed by atoms with Crippen LogP contribution in [-0.4, -0.2) is 71.5 Å². The molecule has 3 rings (SSSR count). The Labute approximate surface area is 289 Å². The molecule has 19 heteroatoms. The average Bonchev–Trinajstić information content (AvgIpc) is 3.06. The number of hydrogen-bond donors (Lipinski definition) is 5. The Kier molecular flexibility index (Phi) is 22.3. The number of aromatic hydroxyl groups is 1. The molecule has 5 N–H and O–H groups in total. The molecule has 0 aliphatic rings. The van der Waals surface area contributed by atoms with E-state index in [9.17, 15) is 14.4 Å². The number of rotatable bonds is 5. The predicted octanol–water partition coefficient (Wildman–Crippen LogP) is 4.36. The van der Waals surface area contributed by atoms with Gasteiger partial charge in [0.25, 0.3) is 34.0 Å². The number of halogens is 2. The van der Waals surface area contributed by atoms with Crippen LogP contribution < -0.4 is 26.2 Å². The van der Waals surface area contributed by atoms with Crippen LogP contribution >= 0.6 is 23.2 Å². The number of nitrogens with zero attached hydrogens (tertiary/aromatic N) is 5. The number of aliphatic carboxylic acids is 1. The Balaban J connectivity index is 0. The molecule has 0 aliphatic heterocycles. The fourth-order valence-corrected chi connectivity index (χ4v) is 2.88. The number of hydrogen-bond acceptors (Lipinski definition) is 11. The lowest BCUT2D eigenvalue weighted by molar-refractivity contribution is -0.134. The second kappa shape index (κ2) is 24.6. The number of pyridine rings is 3. The number of nitrogens with one attached hydrogen (secondary N) is 3. The first-order valence-corrected chi connectivity index (χ1v) is 13.5. The van der Waals surface area contributed by atoms with Gasteiger partial charge in [0, 0.05) is 51.9 Å². The van der Waals surface area contributed by atoms with Crippen LogP contribution in [-0.2, 0) is 9.53 Å². The summed E-state index contributed by atoms with van der Waals surface area (Å²) in [6.45, 7) is 14.4. The molecule has 3 aromatic rings. The number of ether oxygens (including phenoxy) is 3. The Morgan fingerprint density at radius 1 is 0.959 bits per heavy atom. The lowest BCUT2D eigenvalue weighted by atomic mass is 10.2. The highest BCUT2D eigenvalue weighted by molar-refractivity contribution is 6.32. The Morgan fingerprint density at radius 2 is 1.49 bits per heavy atom. The van der Waals surface area contributed by atoms with Gasteiger partial charge in [0.1, 0.15) is 29.4 Å². The number of methoxy groups -OCH3 is 3. The molecule has 0 saturated heterocycles. The van der Waals surface area contributed by atoms with Gasteiger partial charge in [-0.2, -0.15) is 10.5 Å². The van der Waals surface area contributed by atoms with Crippen LogP contribution in [0.4, 0.5) is 11.4 Å². The van der Waals surface area contributed by atoms with Crippen LogP contribution in [0.15, 0.2) is 68.7 Å². The number of carboxylic acid groups (broad SMARTS) is 1. The molecular weight excluding hydrogens is 687 g/mol. The second-order valence-electron chi connectivity index (χ2n) is 8.29. The van der Waals surface area contributed by atoms with E-state index in [4.69, 9.17) is 76.1 Å². The second-order valence-corrected chi connectivity index (χ2v) is 9.11. The van der Waals surface area contributed by atoms with Gasteiger partial charge >= 0.3 is 0 Å². The van der Waals surface area contributed by atoms with Crippen molar-refractivity contribution < 1.29 is 29.2 Å². The van der Waals surface area contributed by atoms with Crippen molar-refractivity contribution in [2.24, 2.45) is 0 Å². The number of H-pyrrole nitrogens is 3. The van der Waals surface area contributed by atoms with E-state index < -0.39 is 17.1 Å². The summed E-state index contributed by atoms with van der Waals surface area (Å²) in [7, 11) is 7.87. The minimum Gasteiger partial charge on any atom is -0.508 e. The smallest absolute Gasteiger partial charge is 0.300 e. The van der Waals surface area contributed by atoms with E-state index >= 15 is 0 Å². The molecule has 3 aromatic heterocycles. The lowest BCUT2D eigenvalue weighted by Crippen LogP contribution is -2.05. The summed E-state index contributed by atoms with van der Waals surface area (Å²) < 4.78 is 14.4. The topological polar surface area (TPSA) is 243 Å². The SMILES string of the molecule is CC(=O)O.COC(/C=C/N(C)C)=C(C#N)C#N.O=c1cc(O)c(Cl)c[nH]1.[C-]#[N+]c1c(OC)c(Cl)c[nH]c1=O.[C-]#[N+]c1c(OC)cc[nH]c1=O. The molecule has 0 spiro atoms. The molecule has 49 heavy (non-hydrogen) atoms. The largest absolute Gasteiger partial charge is 0.508 e. The van der Waals surface area contributed by atoms with Gasteiger partial charge in [0.05, 0.1) is 44.5 Å². The van der Waals surface area contributed by atoms with E-state index in [1.807, 2.05) is 14.1 Å². The first-order valence-electron chi connectivity index (χ1n) is 12.7. The van der Waals surface area contributed by atoms with Crippen molar-refractivity contribution >= 4 is 40.5 Å². The summed E-state index contributed by atoms with van der Waals surface area (Å²) in [6, 6.07) is 6.05. The van der Waals surface area contributed by atoms with E-state index in [-0.39, 0.29) is 49.8 Å². The zero-order chi connectivity index (χ0) is 38.1. The molecule has 17 nitrogen and oxygen atoms in total. The summed E-state index contributed by atoms with van der Waals surface area (Å²) in [6.07, 6.45) is 7.24. The van der Waals surface area contributed by atoms with Crippen molar-refractivity contribution in [3.05, 3.63) is 118 Å². The van der Waals surface area contributed by atoms with Gasteiger partial charge < -0.3 is 44.3 Å². The van der Waals surface area contributed by atoms with Gasteiger partial charge in [-0.05, 0) is 12.1 Å². The van der Waals surface area contributed by atoms with E-state index in [2.05, 4.69) is 24.6 Å². The van der Waals surface area contributed by atoms with Gasteiger partial charge in [0.2, 0.25) is 0 Å². The lowest BCUT2D eigenvalue weighted by Gasteiger charge is -2.04. The number of carbonyl (C=O) groups is 1. The molecule has 0 atom stereocenters. The quantitative estimate of drug-likeness (QED) is 0.107. The van der Waals surface area contributed by atoms with Crippen LogP contribution in [0.25, 0.3) is 9.69 Å². The van der Waals surface area contributed by atoms with Crippen molar-refractivity contribution in [3.8, 4) is 29.4 Å². The fraction of sp³-hybridized carbons (Fsp3) is 0.200. The Morgan fingerprint density at radius 3 is 1.86 bits per heavy atom. The van der Waals surface area contributed by atoms with Crippen LogP contribution in [0, 0.1) is 35.8 Å². The minimum absolute atomic E-state index is 0.00463. The molecule has 0 bridgehead atoms. The van der Waals surface area contributed by atoms with Crippen LogP contribution in [0.2, 0.25) is 10.0 Å². The van der Waals surface area contributed by atoms with Crippen molar-refractivity contribution in [3.63, 3.8) is 0 Å². The number of allylic oxidation sites excluding steroid dienone is 2. The van der Waals surface area contributed by atoms with Crippen molar-refractivity contribution in [2.75, 3.05) is 35.4 Å². The van der Waals surface area contributed by atoms with Gasteiger partial charge in [-0.25, -0.2) is 9.69 Å².